The Morgan fingerprint density at radius 2 is 1.75 bits per heavy atom. The number of likely N-dealkylation sites (tertiary alicyclic amines) is 1. The first-order valence-electron chi connectivity index (χ1n) is 11.7. The van der Waals surface area contributed by atoms with Crippen LogP contribution in [0.5, 0.6) is 0 Å². The normalized spacial score (nSPS) is 25.0. The molecule has 0 saturated carbocycles. The molecule has 0 aliphatic carbocycles. The summed E-state index contributed by atoms with van der Waals surface area (Å²) in [6.45, 7) is 1.45. The van der Waals surface area contributed by atoms with Crippen molar-refractivity contribution >= 4 is 21.3 Å². The quantitative estimate of drug-likeness (QED) is 0.329. The molecule has 36 heavy (non-hydrogen) atoms. The first kappa shape index (κ1) is 26.4. The second-order valence-corrected chi connectivity index (χ2v) is 11.1. The van der Waals surface area contributed by atoms with Gasteiger partial charge in [-0.25, -0.2) is 8.42 Å². The molecule has 0 unspecified atom stereocenters. The van der Waals surface area contributed by atoms with E-state index in [-0.39, 0.29) is 18.0 Å². The van der Waals surface area contributed by atoms with Gasteiger partial charge in [0, 0.05) is 37.1 Å². The molecule has 1 saturated heterocycles. The van der Waals surface area contributed by atoms with Crippen molar-refractivity contribution in [1.82, 2.24) is 4.90 Å². The number of hydrogen-bond donors (Lipinski definition) is 5. The Bertz CT molecular complexity index is 1190. The topological polar surface area (TPSA) is 149 Å². The van der Waals surface area contributed by atoms with Crippen LogP contribution in [0.1, 0.15) is 16.7 Å². The largest absolute Gasteiger partial charge is 0.494 e. The Kier molecular flexibility index (Phi) is 8.18. The van der Waals surface area contributed by atoms with Crippen molar-refractivity contribution in [2.75, 3.05) is 37.9 Å². The minimum Gasteiger partial charge on any atom is -0.494 e. The Balaban J connectivity index is 1.44. The highest BCUT2D eigenvalue weighted by atomic mass is 32.2. The fourth-order valence-corrected chi connectivity index (χ4v) is 5.02. The van der Waals surface area contributed by atoms with E-state index in [4.69, 9.17) is 9.47 Å². The highest BCUT2D eigenvalue weighted by Gasteiger charge is 2.40. The van der Waals surface area contributed by atoms with Crippen molar-refractivity contribution in [3.05, 3.63) is 65.4 Å². The predicted molar refractivity (Wildman–Crippen MR) is 133 cm³/mol. The lowest BCUT2D eigenvalue weighted by Gasteiger charge is -2.43. The van der Waals surface area contributed by atoms with Crippen LogP contribution in [0.25, 0.3) is 5.76 Å². The first-order valence-corrected chi connectivity index (χ1v) is 13.6. The summed E-state index contributed by atoms with van der Waals surface area (Å²) in [7, 11) is -3.44. The number of benzene rings is 2. The molecule has 2 aromatic carbocycles. The van der Waals surface area contributed by atoms with Gasteiger partial charge in [-0.2, -0.15) is 0 Å². The van der Waals surface area contributed by atoms with E-state index in [1.54, 1.807) is 23.1 Å². The monoisotopic (exact) mass is 520 g/mol. The van der Waals surface area contributed by atoms with E-state index in [0.29, 0.717) is 43.3 Å². The van der Waals surface area contributed by atoms with Gasteiger partial charge in [0.2, 0.25) is 0 Å². The molecule has 10 nitrogen and oxygen atoms in total. The van der Waals surface area contributed by atoms with E-state index in [9.17, 15) is 28.8 Å². The van der Waals surface area contributed by atoms with Crippen molar-refractivity contribution in [1.29, 1.82) is 0 Å². The molecule has 4 rings (SSSR count). The van der Waals surface area contributed by atoms with Crippen LogP contribution in [0.15, 0.2) is 53.6 Å². The minimum absolute atomic E-state index is 0.136. The third-order valence-corrected chi connectivity index (χ3v) is 7.48. The molecule has 2 aliphatic heterocycles. The number of aliphatic hydroxyl groups is 4. The number of ether oxygens (including phenoxy) is 2. The summed E-state index contributed by atoms with van der Waals surface area (Å²) >= 11 is 0. The molecule has 196 valence electrons. The van der Waals surface area contributed by atoms with E-state index in [1.165, 1.54) is 6.26 Å². The molecule has 5 N–H and O–H groups in total. The highest BCUT2D eigenvalue weighted by Crippen LogP contribution is 2.27. The number of hydrogen-bond acceptors (Lipinski definition) is 10. The Morgan fingerprint density at radius 3 is 2.39 bits per heavy atom. The maximum Gasteiger partial charge on any atom is 0.175 e. The van der Waals surface area contributed by atoms with Gasteiger partial charge in [-0.3, -0.25) is 4.90 Å². The van der Waals surface area contributed by atoms with Crippen LogP contribution in [0.4, 0.5) is 5.69 Å². The lowest BCUT2D eigenvalue weighted by molar-refractivity contribution is -0.147. The van der Waals surface area contributed by atoms with Gasteiger partial charge in [0.05, 0.1) is 23.6 Å². The van der Waals surface area contributed by atoms with Crippen LogP contribution in [-0.4, -0.2) is 90.7 Å². The van der Waals surface area contributed by atoms with Gasteiger partial charge in [-0.1, -0.05) is 24.3 Å². The van der Waals surface area contributed by atoms with Crippen molar-refractivity contribution in [3.8, 4) is 0 Å². The predicted octanol–water partition coefficient (Wildman–Crippen LogP) is 0.307. The average Bonchev–Trinajstić information content (AvgIpc) is 2.87. The van der Waals surface area contributed by atoms with Crippen LogP contribution in [0.3, 0.4) is 0 Å². The maximum absolute atomic E-state index is 12.2. The lowest BCUT2D eigenvalue weighted by Crippen LogP contribution is -2.62. The van der Waals surface area contributed by atoms with Crippen LogP contribution in [-0.2, 0) is 32.4 Å². The van der Waals surface area contributed by atoms with Crippen LogP contribution >= 0.6 is 0 Å². The zero-order valence-electron chi connectivity index (χ0n) is 19.9. The maximum atomic E-state index is 12.2. The third-order valence-electron chi connectivity index (χ3n) is 6.39. The number of rotatable bonds is 8. The Labute approximate surface area is 210 Å². The number of sulfone groups is 1. The first-order chi connectivity index (χ1) is 17.2. The molecule has 0 radical (unpaired) electrons. The zero-order chi connectivity index (χ0) is 25.9. The summed E-state index contributed by atoms with van der Waals surface area (Å²) in [6, 6.07) is 11.9. The molecular weight excluding hydrogens is 488 g/mol. The van der Waals surface area contributed by atoms with Crippen LogP contribution in [0.2, 0.25) is 0 Å². The summed E-state index contributed by atoms with van der Waals surface area (Å²) in [6.07, 6.45) is -0.988. The van der Waals surface area contributed by atoms with E-state index >= 15 is 0 Å². The molecule has 0 aromatic heterocycles. The molecule has 0 amide bonds. The second-order valence-electron chi connectivity index (χ2n) is 9.12. The third kappa shape index (κ3) is 6.17. The van der Waals surface area contributed by atoms with Gasteiger partial charge >= 0.3 is 0 Å². The van der Waals surface area contributed by atoms with Crippen LogP contribution < -0.4 is 5.32 Å². The van der Waals surface area contributed by atoms with Crippen molar-refractivity contribution < 1.29 is 38.3 Å². The number of β-amino-alcohol motifs (C(OH)–C–C–N with tert-alkyl or cyclic N) is 1. The van der Waals surface area contributed by atoms with Gasteiger partial charge in [0.25, 0.3) is 0 Å². The molecule has 0 spiro atoms. The fraction of sp³-hybridized carbons (Fsp3) is 0.440. The minimum atomic E-state index is -3.44. The summed E-state index contributed by atoms with van der Waals surface area (Å²) in [5.41, 5.74) is 3.09. The molecule has 2 aromatic rings. The molecule has 11 heteroatoms. The van der Waals surface area contributed by atoms with Gasteiger partial charge < -0.3 is 35.2 Å². The van der Waals surface area contributed by atoms with Crippen molar-refractivity contribution in [2.45, 2.75) is 42.3 Å². The molecule has 2 aliphatic rings. The smallest absolute Gasteiger partial charge is 0.175 e. The summed E-state index contributed by atoms with van der Waals surface area (Å²) < 4.78 is 35.4. The van der Waals surface area contributed by atoms with Gasteiger partial charge in [-0.15, -0.1) is 0 Å². The number of nitrogens with one attached hydrogen (secondary N) is 1. The summed E-state index contributed by atoms with van der Waals surface area (Å²) in [4.78, 5) is 1.92. The molecule has 4 atom stereocenters. The van der Waals surface area contributed by atoms with Gasteiger partial charge in [0.15, 0.2) is 15.6 Å². The number of nitrogens with zero attached hydrogens (tertiary/aromatic N) is 1. The van der Waals surface area contributed by atoms with E-state index in [0.717, 1.165) is 17.4 Å². The summed E-state index contributed by atoms with van der Waals surface area (Å²) in [5, 5.41) is 43.0. The zero-order valence-corrected chi connectivity index (χ0v) is 20.8. The van der Waals surface area contributed by atoms with E-state index < -0.39 is 34.2 Å². The van der Waals surface area contributed by atoms with Crippen molar-refractivity contribution in [2.24, 2.45) is 0 Å². The standard InChI is InChI=1S/C25H32N2O8S/c1-36(32,33)20-9-18(23-15-34-6-7-35-23)8-19(10-20)26-11-16-2-4-17(5-3-16)12-27-13-22(29)25(31)24(30)21(27)14-28/h2-5,8-10,15,21-22,24-26,28-31H,6-7,11-14H2,1H3/t21-,22+,24-,25-/m1/s1. The van der Waals surface area contributed by atoms with Crippen molar-refractivity contribution in [3.63, 3.8) is 0 Å². The molecule has 0 bridgehead atoms. The highest BCUT2D eigenvalue weighted by molar-refractivity contribution is 7.90. The van der Waals surface area contributed by atoms with Gasteiger partial charge in [0.1, 0.15) is 31.7 Å². The van der Waals surface area contributed by atoms with Gasteiger partial charge in [-0.05, 0) is 29.3 Å². The SMILES string of the molecule is CS(=O)(=O)c1cc(NCc2ccc(CN3C[C@H](O)[C@@H](O)[C@H](O)[C@H]3CO)cc2)cc(C2=COCCO2)c1. The fourth-order valence-electron chi connectivity index (χ4n) is 4.34. The number of piperidine rings is 1. The van der Waals surface area contributed by atoms with Crippen LogP contribution in [0, 0.1) is 0 Å². The number of aliphatic hydroxyl groups excluding tert-OH is 4. The Hall–Kier alpha value is -2.67. The molecular formula is C25H32N2O8S. The number of anilines is 1. The molecule has 2 heterocycles. The second kappa shape index (κ2) is 11.2. The lowest BCUT2D eigenvalue weighted by atomic mass is 9.93. The van der Waals surface area contributed by atoms with E-state index in [2.05, 4.69) is 5.32 Å². The Morgan fingerprint density at radius 1 is 1.03 bits per heavy atom. The summed E-state index contributed by atoms with van der Waals surface area (Å²) in [5.74, 6) is 0.473. The molecule has 1 fully saturated rings. The average molecular weight is 521 g/mol. The van der Waals surface area contributed by atoms with E-state index in [1.807, 2.05) is 24.3 Å².